The number of piperidine rings is 1. The Hall–Kier alpha value is -2.78. The van der Waals surface area contributed by atoms with Gasteiger partial charge >= 0.3 is 0 Å². The van der Waals surface area contributed by atoms with Crippen LogP contribution >= 0.6 is 12.2 Å². The summed E-state index contributed by atoms with van der Waals surface area (Å²) < 4.78 is 24.9. The van der Waals surface area contributed by atoms with Crippen LogP contribution in [0.2, 0.25) is 0 Å². The average Bonchev–Trinajstić information content (AvgIpc) is 3.26. The van der Waals surface area contributed by atoms with E-state index in [0.29, 0.717) is 50.1 Å². The Labute approximate surface area is 390 Å². The Bertz CT molecular complexity index is 1650. The summed E-state index contributed by atoms with van der Waals surface area (Å²) in [6.07, 6.45) is 18.4. The van der Waals surface area contributed by atoms with Gasteiger partial charge in [0.05, 0.1) is 31.0 Å². The Kier molecular flexibility index (Phi) is 21.8. The molecule has 1 aliphatic carbocycles. The number of fused-ring (bicyclic) bond motifs is 3. The van der Waals surface area contributed by atoms with E-state index in [4.69, 9.17) is 42.6 Å². The monoisotopic (exact) mass is 914 g/mol. The normalized spacial score (nSPS) is 37.2. The topological polar surface area (TPSA) is 184 Å². The highest BCUT2D eigenvalue weighted by molar-refractivity contribution is 7.80. The molecule has 6 N–H and O–H groups in total. The lowest BCUT2D eigenvalue weighted by Gasteiger charge is -2.46. The van der Waals surface area contributed by atoms with Crippen LogP contribution in [0, 0.1) is 29.1 Å². The molecule has 0 radical (unpaired) electrons. The predicted octanol–water partition coefficient (Wildman–Crippen LogP) is 7.62. The van der Waals surface area contributed by atoms with Crippen LogP contribution in [0.4, 0.5) is 0 Å². The molecule has 12 nitrogen and oxygen atoms in total. The van der Waals surface area contributed by atoms with Gasteiger partial charge in [-0.25, -0.2) is 0 Å². The zero-order valence-electron chi connectivity index (χ0n) is 40.3. The van der Waals surface area contributed by atoms with Gasteiger partial charge in [0.15, 0.2) is 5.78 Å². The zero-order valence-corrected chi connectivity index (χ0v) is 41.1. The number of thiocarbonyl (C=S) groups is 1. The molecule has 4 rings (SSSR count). The molecule has 64 heavy (non-hydrogen) atoms. The van der Waals surface area contributed by atoms with E-state index < -0.39 is 35.9 Å². The molecular weight excluding hydrogens is 831 g/mol. The number of aliphatic hydroxyl groups is 2. The summed E-state index contributed by atoms with van der Waals surface area (Å²) in [4.78, 5) is 43.2. The van der Waals surface area contributed by atoms with E-state index in [9.17, 15) is 24.6 Å². The first kappa shape index (κ1) is 53.8. The number of hydrogen-bond acceptors (Lipinski definition) is 11. The Morgan fingerprint density at radius 3 is 2.30 bits per heavy atom. The lowest BCUT2D eigenvalue weighted by Crippen LogP contribution is -2.53. The summed E-state index contributed by atoms with van der Waals surface area (Å²) in [7, 11) is 1.67. The van der Waals surface area contributed by atoms with Crippen LogP contribution in [-0.4, -0.2) is 113 Å². The van der Waals surface area contributed by atoms with Gasteiger partial charge in [0, 0.05) is 32.0 Å². The van der Waals surface area contributed by atoms with Crippen molar-refractivity contribution in [1.82, 2.24) is 4.90 Å². The number of amides is 1. The molecule has 0 aromatic rings. The number of nitrogens with two attached hydrogens (primary N) is 2. The number of methoxy groups -OCH3 is 1. The van der Waals surface area contributed by atoms with Gasteiger partial charge in [0.2, 0.25) is 5.78 Å². The van der Waals surface area contributed by atoms with Crippen molar-refractivity contribution in [1.29, 1.82) is 0 Å². The van der Waals surface area contributed by atoms with Crippen molar-refractivity contribution in [2.45, 2.75) is 200 Å². The minimum atomic E-state index is -1.54. The van der Waals surface area contributed by atoms with Crippen LogP contribution in [0.15, 0.2) is 47.6 Å². The van der Waals surface area contributed by atoms with Gasteiger partial charge in [-0.2, -0.15) is 0 Å². The number of rotatable bonds is 6. The molecule has 3 fully saturated rings. The number of nitrogens with zero attached hydrogens (tertiary/aromatic N) is 1. The highest BCUT2D eigenvalue weighted by Gasteiger charge is 2.42. The van der Waals surface area contributed by atoms with E-state index in [-0.39, 0.29) is 71.3 Å². The molecule has 11 atom stereocenters. The van der Waals surface area contributed by atoms with Crippen LogP contribution in [0.1, 0.15) is 145 Å². The highest BCUT2D eigenvalue weighted by Crippen LogP contribution is 2.47. The molecule has 13 heteroatoms. The number of aliphatic hydroxyl groups excluding tert-OH is 2. The molecule has 3 heterocycles. The second-order valence-electron chi connectivity index (χ2n) is 20.1. The van der Waals surface area contributed by atoms with Crippen LogP contribution in [0.3, 0.4) is 0 Å². The van der Waals surface area contributed by atoms with E-state index in [1.54, 1.807) is 25.9 Å². The summed E-state index contributed by atoms with van der Waals surface area (Å²) in [5.74, 6) is -1.46. The minimum absolute atomic E-state index is 0.00946. The second kappa shape index (κ2) is 25.9. The smallest absolute Gasteiger partial charge is 0.293 e. The third kappa shape index (κ3) is 15.7. The first-order valence-electron chi connectivity index (χ1n) is 24.3. The first-order valence-corrected chi connectivity index (χ1v) is 24.7. The number of ketones is 2. The first-order chi connectivity index (χ1) is 30.3. The van der Waals surface area contributed by atoms with Gasteiger partial charge in [0.25, 0.3) is 11.1 Å². The van der Waals surface area contributed by atoms with E-state index in [0.717, 1.165) is 69.8 Å². The summed E-state index contributed by atoms with van der Waals surface area (Å²) in [5.41, 5.74) is 14.5. The SMILES string of the molecule is CO[C@H]1C[C@@H]2CCCC(O2)C(=O)C(=O)N2CCCC[C@H]2CO[C@H]([C@H](N)CC2(C(C)C)CCC(OC(N)=S)CC2)CCC(C)/C=C(\C)[C@@H](O)[C@@H](O)C(=O)[C@H](C)C[C@H](C)/C=C/C=CC=C1C. The van der Waals surface area contributed by atoms with Crippen LogP contribution in [-0.2, 0) is 33.3 Å². The maximum atomic E-state index is 14.1. The molecule has 3 aliphatic heterocycles. The molecule has 1 saturated carbocycles. The highest BCUT2D eigenvalue weighted by atomic mass is 32.1. The number of hydrogen-bond donors (Lipinski definition) is 4. The van der Waals surface area contributed by atoms with Gasteiger partial charge < -0.3 is 45.5 Å². The zero-order chi connectivity index (χ0) is 47.1. The van der Waals surface area contributed by atoms with Crippen LogP contribution in [0.25, 0.3) is 0 Å². The van der Waals surface area contributed by atoms with Crippen molar-refractivity contribution < 1.29 is 43.5 Å². The Morgan fingerprint density at radius 1 is 0.906 bits per heavy atom. The van der Waals surface area contributed by atoms with Gasteiger partial charge in [-0.15, -0.1) is 0 Å². The average molecular weight is 914 g/mol. The lowest BCUT2D eigenvalue weighted by molar-refractivity contribution is -0.159. The van der Waals surface area contributed by atoms with Crippen molar-refractivity contribution in [3.8, 4) is 0 Å². The molecule has 2 saturated heterocycles. The summed E-state index contributed by atoms with van der Waals surface area (Å²) >= 11 is 5.04. The fourth-order valence-electron chi connectivity index (χ4n) is 10.6. The Morgan fingerprint density at radius 2 is 1.62 bits per heavy atom. The van der Waals surface area contributed by atoms with E-state index in [2.05, 4.69) is 20.8 Å². The summed E-state index contributed by atoms with van der Waals surface area (Å²) in [6.45, 7) is 14.9. The Balaban J connectivity index is 1.61. The standard InChI is InChI=1S/C51H83N3O9S/c1-32(2)51(24-22-39(23-25-51)63-50(53)64)30-41(52)42-21-20-34(4)28-37(7)46(56)48(58)45(55)36(6)27-33(3)15-10-9-11-16-35(5)44(60-8)29-40-18-14-19-43(62-40)47(57)49(59)54-26-13-12-17-38(54)31-61-42/h9-11,15-16,28,32-34,36,38-44,46,48,56,58H,12-14,17-27,29-31,52H2,1-8H3,(H2,53,64)/b11-9?,15-10+,35-16?,37-28+/t33-,34?,36-,38+,39?,40+,41-,42+,43?,44+,46-,48+,51?/m1/s1. The maximum absolute atomic E-state index is 14.1. The lowest BCUT2D eigenvalue weighted by atomic mass is 9.63. The van der Waals surface area contributed by atoms with Crippen molar-refractivity contribution >= 4 is 34.9 Å². The number of carbonyl (C=O) groups is 3. The van der Waals surface area contributed by atoms with Gasteiger partial charge in [-0.3, -0.25) is 14.4 Å². The van der Waals surface area contributed by atoms with Crippen molar-refractivity contribution in [3.05, 3.63) is 47.6 Å². The van der Waals surface area contributed by atoms with Crippen LogP contribution < -0.4 is 11.5 Å². The minimum Gasteiger partial charge on any atom is -0.468 e. The largest absolute Gasteiger partial charge is 0.468 e. The second-order valence-corrected chi connectivity index (χ2v) is 20.5. The molecule has 4 aliphatic rings. The summed E-state index contributed by atoms with van der Waals surface area (Å²) in [5, 5.41) is 22.4. The van der Waals surface area contributed by atoms with E-state index in [1.807, 2.05) is 50.3 Å². The molecule has 0 spiro atoms. The summed E-state index contributed by atoms with van der Waals surface area (Å²) in [6, 6.07) is -0.608. The molecule has 0 aromatic heterocycles. The third-order valence-corrected chi connectivity index (χ3v) is 14.9. The van der Waals surface area contributed by atoms with Crippen molar-refractivity contribution in [2.75, 3.05) is 20.3 Å². The van der Waals surface area contributed by atoms with Crippen LogP contribution in [0.5, 0.6) is 0 Å². The molecule has 0 aromatic carbocycles. The molecule has 1 amide bonds. The van der Waals surface area contributed by atoms with E-state index >= 15 is 0 Å². The van der Waals surface area contributed by atoms with Gasteiger partial charge in [-0.1, -0.05) is 71.1 Å². The predicted molar refractivity (Wildman–Crippen MR) is 256 cm³/mol. The fourth-order valence-corrected chi connectivity index (χ4v) is 10.7. The van der Waals surface area contributed by atoms with E-state index in [1.165, 1.54) is 0 Å². The number of Topliss-reactive ketones (excluding diaryl/α,β-unsaturated/α-hetero) is 2. The number of ether oxygens (including phenoxy) is 4. The molecule has 362 valence electrons. The van der Waals surface area contributed by atoms with Gasteiger partial charge in [-0.05, 0) is 150 Å². The number of allylic oxidation sites excluding steroid dienone is 6. The van der Waals surface area contributed by atoms with Gasteiger partial charge in [0.1, 0.15) is 24.4 Å². The molecule has 2 unspecified atom stereocenters. The quantitative estimate of drug-likeness (QED) is 0.116. The fraction of sp³-hybridized carbons (Fsp3) is 0.765. The maximum Gasteiger partial charge on any atom is 0.293 e. The molecule has 2 bridgehead atoms. The molecular formula is C51H83N3O9S. The van der Waals surface area contributed by atoms with Crippen molar-refractivity contribution in [3.63, 3.8) is 0 Å². The third-order valence-electron chi connectivity index (χ3n) is 14.8. The van der Waals surface area contributed by atoms with Crippen molar-refractivity contribution in [2.24, 2.45) is 40.6 Å². The number of carbonyl (C=O) groups excluding carboxylic acids is 3.